The molecule has 6 heteroatoms. The lowest BCUT2D eigenvalue weighted by atomic mass is 10.0. The Hall–Kier alpha value is -3.64. The molecule has 0 saturated carbocycles. The smallest absolute Gasteiger partial charge is 0.255 e. The maximum atomic E-state index is 12.9. The second kappa shape index (κ2) is 12.4. The van der Waals surface area contributed by atoms with E-state index < -0.39 is 0 Å². The standard InChI is InChI=1S/C30H36N2O4/c1-20(2)32(21(3)4)16-17-36-29-19-27(14-15-28(29)35-6)31-30(34)24-12-10-23(11-13-24)26-9-7-8-25(18-26)22(5)33/h7-15,18-21H,16-17H2,1-6H3,(H,31,34). The molecule has 0 aliphatic rings. The summed E-state index contributed by atoms with van der Waals surface area (Å²) in [6.45, 7) is 11.5. The second-order valence-electron chi connectivity index (χ2n) is 9.31. The van der Waals surface area contributed by atoms with Gasteiger partial charge in [0.05, 0.1) is 7.11 Å². The first-order valence-electron chi connectivity index (χ1n) is 12.3. The Kier molecular flexibility index (Phi) is 9.25. The SMILES string of the molecule is COc1ccc(NC(=O)c2ccc(-c3cccc(C(C)=O)c3)cc2)cc1OCCN(C(C)C)C(C)C. The van der Waals surface area contributed by atoms with Crippen molar-refractivity contribution in [2.45, 2.75) is 46.7 Å². The quantitative estimate of drug-likeness (QED) is 0.320. The molecule has 0 radical (unpaired) electrons. The third-order valence-electron chi connectivity index (χ3n) is 6.10. The molecule has 3 aromatic rings. The van der Waals surface area contributed by atoms with Crippen LogP contribution in [0.2, 0.25) is 0 Å². The summed E-state index contributed by atoms with van der Waals surface area (Å²) in [5.41, 5.74) is 3.68. The van der Waals surface area contributed by atoms with Crippen molar-refractivity contribution in [3.63, 3.8) is 0 Å². The molecule has 190 valence electrons. The van der Waals surface area contributed by atoms with E-state index >= 15 is 0 Å². The number of rotatable bonds is 11. The van der Waals surface area contributed by atoms with Crippen LogP contribution in [0.3, 0.4) is 0 Å². The van der Waals surface area contributed by atoms with Crippen molar-refractivity contribution in [2.75, 3.05) is 25.6 Å². The van der Waals surface area contributed by atoms with Gasteiger partial charge in [0, 0.05) is 41.5 Å². The highest BCUT2D eigenvalue weighted by atomic mass is 16.5. The van der Waals surface area contributed by atoms with Gasteiger partial charge in [-0.1, -0.05) is 30.3 Å². The van der Waals surface area contributed by atoms with Crippen LogP contribution >= 0.6 is 0 Å². The van der Waals surface area contributed by atoms with Crippen LogP contribution in [0.5, 0.6) is 11.5 Å². The number of hydrogen-bond donors (Lipinski definition) is 1. The molecule has 0 aliphatic carbocycles. The first-order chi connectivity index (χ1) is 17.2. The van der Waals surface area contributed by atoms with Crippen LogP contribution in [0.25, 0.3) is 11.1 Å². The number of ether oxygens (including phenoxy) is 2. The normalized spacial score (nSPS) is 11.1. The van der Waals surface area contributed by atoms with Gasteiger partial charge in [0.2, 0.25) is 0 Å². The molecule has 0 spiro atoms. The molecule has 1 N–H and O–H groups in total. The van der Waals surface area contributed by atoms with E-state index in [1.165, 1.54) is 0 Å². The maximum absolute atomic E-state index is 12.9. The van der Waals surface area contributed by atoms with Gasteiger partial charge in [0.25, 0.3) is 5.91 Å². The minimum absolute atomic E-state index is 0.0212. The number of Topliss-reactive ketones (excluding diaryl/α,β-unsaturated/α-hetero) is 1. The zero-order valence-corrected chi connectivity index (χ0v) is 22.0. The summed E-state index contributed by atoms with van der Waals surface area (Å²) in [5.74, 6) is 1.00. The number of nitrogens with one attached hydrogen (secondary N) is 1. The third-order valence-corrected chi connectivity index (χ3v) is 6.10. The minimum Gasteiger partial charge on any atom is -0.493 e. The van der Waals surface area contributed by atoms with Crippen molar-refractivity contribution in [1.82, 2.24) is 4.90 Å². The van der Waals surface area contributed by atoms with E-state index in [0.29, 0.717) is 47.0 Å². The molecule has 1 amide bonds. The van der Waals surface area contributed by atoms with Crippen molar-refractivity contribution in [3.8, 4) is 22.6 Å². The number of nitrogens with zero attached hydrogens (tertiary/aromatic N) is 1. The minimum atomic E-state index is -0.221. The third kappa shape index (κ3) is 6.95. The number of benzene rings is 3. The van der Waals surface area contributed by atoms with Crippen LogP contribution in [0.1, 0.15) is 55.3 Å². The van der Waals surface area contributed by atoms with Gasteiger partial charge in [-0.2, -0.15) is 0 Å². The van der Waals surface area contributed by atoms with E-state index in [2.05, 4.69) is 37.9 Å². The van der Waals surface area contributed by atoms with Crippen molar-refractivity contribution in [2.24, 2.45) is 0 Å². The number of hydrogen-bond acceptors (Lipinski definition) is 5. The average molecular weight is 489 g/mol. The average Bonchev–Trinajstić information content (AvgIpc) is 2.86. The van der Waals surface area contributed by atoms with Crippen LogP contribution in [-0.4, -0.2) is 48.9 Å². The van der Waals surface area contributed by atoms with Crippen LogP contribution in [0.15, 0.2) is 66.7 Å². The number of methoxy groups -OCH3 is 1. The molecule has 0 saturated heterocycles. The lowest BCUT2D eigenvalue weighted by Gasteiger charge is -2.30. The van der Waals surface area contributed by atoms with Gasteiger partial charge >= 0.3 is 0 Å². The fraction of sp³-hybridized carbons (Fsp3) is 0.333. The van der Waals surface area contributed by atoms with E-state index in [1.807, 2.05) is 30.3 Å². The Morgan fingerprint density at radius 1 is 0.833 bits per heavy atom. The summed E-state index contributed by atoms with van der Waals surface area (Å²) in [5, 5.41) is 2.94. The van der Waals surface area contributed by atoms with Crippen LogP contribution < -0.4 is 14.8 Å². The lowest BCUT2D eigenvalue weighted by Crippen LogP contribution is -2.39. The van der Waals surface area contributed by atoms with Crippen molar-refractivity contribution in [3.05, 3.63) is 77.9 Å². The summed E-state index contributed by atoms with van der Waals surface area (Å²) in [6, 6.07) is 21.0. The zero-order chi connectivity index (χ0) is 26.2. The Morgan fingerprint density at radius 2 is 1.53 bits per heavy atom. The summed E-state index contributed by atoms with van der Waals surface area (Å²) in [7, 11) is 1.60. The molecular weight excluding hydrogens is 452 g/mol. The van der Waals surface area contributed by atoms with E-state index in [9.17, 15) is 9.59 Å². The first-order valence-corrected chi connectivity index (χ1v) is 12.3. The number of ketones is 1. The zero-order valence-electron chi connectivity index (χ0n) is 22.0. The number of anilines is 1. The molecule has 0 aromatic heterocycles. The molecule has 0 aliphatic heterocycles. The van der Waals surface area contributed by atoms with Gasteiger partial charge in [0.1, 0.15) is 6.61 Å². The number of carbonyl (C=O) groups excluding carboxylic acids is 2. The first kappa shape index (κ1) is 27.0. The van der Waals surface area contributed by atoms with Gasteiger partial charge in [-0.25, -0.2) is 0 Å². The topological polar surface area (TPSA) is 67.9 Å². The molecule has 0 unspecified atom stereocenters. The van der Waals surface area contributed by atoms with E-state index in [-0.39, 0.29) is 11.7 Å². The monoisotopic (exact) mass is 488 g/mol. The molecule has 0 heterocycles. The molecule has 3 aromatic carbocycles. The molecule has 0 atom stereocenters. The summed E-state index contributed by atoms with van der Waals surface area (Å²) < 4.78 is 11.5. The fourth-order valence-electron chi connectivity index (χ4n) is 4.18. The molecule has 36 heavy (non-hydrogen) atoms. The Bertz CT molecular complexity index is 1180. The Balaban J connectivity index is 1.68. The Morgan fingerprint density at radius 3 is 2.14 bits per heavy atom. The highest BCUT2D eigenvalue weighted by molar-refractivity contribution is 6.04. The Labute approximate surface area is 214 Å². The number of carbonyl (C=O) groups is 2. The van der Waals surface area contributed by atoms with Gasteiger partial charge in [-0.3, -0.25) is 14.5 Å². The summed E-state index contributed by atoms with van der Waals surface area (Å²) in [4.78, 5) is 26.9. The van der Waals surface area contributed by atoms with E-state index in [0.717, 1.165) is 17.7 Å². The van der Waals surface area contributed by atoms with E-state index in [4.69, 9.17) is 9.47 Å². The van der Waals surface area contributed by atoms with Crippen LogP contribution in [0.4, 0.5) is 5.69 Å². The van der Waals surface area contributed by atoms with Gasteiger partial charge in [0.15, 0.2) is 17.3 Å². The fourth-order valence-corrected chi connectivity index (χ4v) is 4.18. The van der Waals surface area contributed by atoms with Crippen molar-refractivity contribution in [1.29, 1.82) is 0 Å². The van der Waals surface area contributed by atoms with E-state index in [1.54, 1.807) is 50.4 Å². The predicted molar refractivity (Wildman–Crippen MR) is 145 cm³/mol. The predicted octanol–water partition coefficient (Wildman–Crippen LogP) is 6.31. The number of amides is 1. The van der Waals surface area contributed by atoms with Crippen molar-refractivity contribution >= 4 is 17.4 Å². The highest BCUT2D eigenvalue weighted by Crippen LogP contribution is 2.31. The molecule has 3 rings (SSSR count). The van der Waals surface area contributed by atoms with Crippen molar-refractivity contribution < 1.29 is 19.1 Å². The molecule has 6 nitrogen and oxygen atoms in total. The van der Waals surface area contributed by atoms with Crippen LogP contribution in [-0.2, 0) is 0 Å². The van der Waals surface area contributed by atoms with Crippen LogP contribution in [0, 0.1) is 0 Å². The van der Waals surface area contributed by atoms with Gasteiger partial charge < -0.3 is 14.8 Å². The second-order valence-corrected chi connectivity index (χ2v) is 9.31. The molecule has 0 fully saturated rings. The summed E-state index contributed by atoms with van der Waals surface area (Å²) >= 11 is 0. The lowest BCUT2D eigenvalue weighted by molar-refractivity contribution is 0.101. The molecular formula is C30H36N2O4. The van der Waals surface area contributed by atoms with Gasteiger partial charge in [-0.05, 0) is 76.1 Å². The summed E-state index contributed by atoms with van der Waals surface area (Å²) in [6.07, 6.45) is 0. The largest absolute Gasteiger partial charge is 0.493 e. The molecule has 0 bridgehead atoms. The maximum Gasteiger partial charge on any atom is 0.255 e. The highest BCUT2D eigenvalue weighted by Gasteiger charge is 2.15. The van der Waals surface area contributed by atoms with Gasteiger partial charge in [-0.15, -0.1) is 0 Å².